The van der Waals surface area contributed by atoms with Crippen LogP contribution in [0.2, 0.25) is 0 Å². The molecule has 0 atom stereocenters. The first-order valence-electron chi connectivity index (χ1n) is 43.9. The molecule has 101 heavy (non-hydrogen) atoms. The second-order valence-electron chi connectivity index (χ2n) is 31.3. The molecule has 0 saturated heterocycles. The molecular weight excluding hydrogens is 1400 g/mol. The summed E-state index contributed by atoms with van der Waals surface area (Å²) in [5.41, 5.74) is 4.37. The van der Waals surface area contributed by atoms with E-state index in [9.17, 15) is 25.9 Å². The minimum absolute atomic E-state index is 0. The molecular formula is C92H158BaO6S2. The number of unbranched alkanes of at least 4 members (excludes halogenated alkanes) is 60. The molecule has 0 unspecified atom stereocenters. The Bertz CT molecular complexity index is 2570. The van der Waals surface area contributed by atoms with Gasteiger partial charge in [-0.2, -0.15) is 0 Å². The van der Waals surface area contributed by atoms with Crippen molar-refractivity contribution in [3.05, 3.63) is 82.9 Å². The van der Waals surface area contributed by atoms with E-state index in [0.717, 1.165) is 86.1 Å². The Hall–Kier alpha value is -1.21. The normalized spacial score (nSPS) is 11.9. The average Bonchev–Trinajstić information content (AvgIpc) is 0.785. The van der Waals surface area contributed by atoms with Crippen molar-refractivity contribution in [1.82, 2.24) is 0 Å². The minimum Gasteiger partial charge on any atom is -0.744 e. The first-order valence-corrected chi connectivity index (χ1v) is 46.8. The van der Waals surface area contributed by atoms with E-state index in [1.165, 1.54) is 384 Å². The second kappa shape index (κ2) is 67.0. The molecule has 4 aromatic rings. The summed E-state index contributed by atoms with van der Waals surface area (Å²) in [7, 11) is -9.06. The summed E-state index contributed by atoms with van der Waals surface area (Å²) >= 11 is 0. The van der Waals surface area contributed by atoms with Crippen molar-refractivity contribution in [2.24, 2.45) is 0 Å². The molecule has 0 aliphatic rings. The van der Waals surface area contributed by atoms with Gasteiger partial charge in [0.15, 0.2) is 0 Å². The SMILES string of the molecule is CCCCCCCCCCCCCCCCCCc1cc(S(=O)(=O)[O-])c2cccc(CCCCCCCCCCCCCCCCCC)c2c1.CCCCCCCCCCCCCCCCCCc1cc(S(=O)(=O)[O-])c2cccc(CCCCCCCCCCCCCCCCCC)c2c1.[Ba+2]. The zero-order valence-electron chi connectivity index (χ0n) is 66.8. The van der Waals surface area contributed by atoms with Crippen LogP contribution in [0.1, 0.15) is 461 Å². The van der Waals surface area contributed by atoms with Crippen LogP contribution in [0.5, 0.6) is 0 Å². The number of fused-ring (bicyclic) bond motifs is 2. The molecule has 0 heterocycles. The molecule has 576 valence electrons. The maximum Gasteiger partial charge on any atom is 2.00 e. The number of hydrogen-bond donors (Lipinski definition) is 0. The van der Waals surface area contributed by atoms with Gasteiger partial charge >= 0.3 is 48.9 Å². The van der Waals surface area contributed by atoms with Gasteiger partial charge in [-0.1, -0.05) is 461 Å². The topological polar surface area (TPSA) is 114 Å². The van der Waals surface area contributed by atoms with Crippen LogP contribution < -0.4 is 0 Å². The van der Waals surface area contributed by atoms with Crippen molar-refractivity contribution >= 4 is 90.7 Å². The molecule has 4 rings (SSSR count). The smallest absolute Gasteiger partial charge is 0.744 e. The van der Waals surface area contributed by atoms with Crippen LogP contribution in [0, 0.1) is 0 Å². The number of aryl methyl sites for hydroxylation is 4. The molecule has 0 aromatic heterocycles. The van der Waals surface area contributed by atoms with Crippen LogP contribution >= 0.6 is 0 Å². The van der Waals surface area contributed by atoms with Crippen LogP contribution in [0.15, 0.2) is 70.5 Å². The predicted molar refractivity (Wildman–Crippen MR) is 443 cm³/mol. The standard InChI is InChI=1S/2C46H80O3S.Ba/c2*1-3-5-7-9-11-13-15-17-19-21-23-25-27-29-31-33-36-42-40-45-43(38-35-39-44(45)46(41-42)50(47,48)49)37-34-32-30-28-26-24-22-20-18-16-14-12-10-8-6-4-2;/h2*35,38-41H,3-34,36-37H2,1-2H3,(H,47,48,49);/q;;+2/p-2. The van der Waals surface area contributed by atoms with Crippen molar-refractivity contribution in [1.29, 1.82) is 0 Å². The third-order valence-corrected chi connectivity index (χ3v) is 23.7. The average molecular weight is 1560 g/mol. The van der Waals surface area contributed by atoms with Gasteiger partial charge in [0, 0.05) is 0 Å². The summed E-state index contributed by atoms with van der Waals surface area (Å²) < 4.78 is 73.8. The zero-order chi connectivity index (χ0) is 71.9. The first-order chi connectivity index (χ1) is 48.9. The number of benzene rings is 4. The van der Waals surface area contributed by atoms with E-state index in [-0.39, 0.29) is 58.7 Å². The fourth-order valence-electron chi connectivity index (χ4n) is 15.6. The molecule has 0 aliphatic carbocycles. The van der Waals surface area contributed by atoms with Crippen LogP contribution in [-0.4, -0.2) is 74.8 Å². The Balaban J connectivity index is 0.000000680. The van der Waals surface area contributed by atoms with E-state index in [2.05, 4.69) is 52.0 Å². The summed E-state index contributed by atoms with van der Waals surface area (Å²) in [4.78, 5) is -0.0642. The van der Waals surface area contributed by atoms with E-state index in [1.54, 1.807) is 12.1 Å². The monoisotopic (exact) mass is 1560 g/mol. The molecule has 0 amide bonds. The van der Waals surface area contributed by atoms with E-state index in [4.69, 9.17) is 0 Å². The molecule has 0 fully saturated rings. The molecule has 0 bridgehead atoms. The molecule has 0 spiro atoms. The Morgan fingerprint density at radius 1 is 0.218 bits per heavy atom. The summed E-state index contributed by atoms with van der Waals surface area (Å²) in [5.74, 6) is 0. The molecule has 6 nitrogen and oxygen atoms in total. The molecule has 0 radical (unpaired) electrons. The third-order valence-electron chi connectivity index (χ3n) is 22.0. The van der Waals surface area contributed by atoms with Crippen LogP contribution in [0.25, 0.3) is 21.5 Å². The number of rotatable bonds is 70. The first kappa shape index (κ1) is 95.9. The minimum atomic E-state index is -4.53. The van der Waals surface area contributed by atoms with Crippen molar-refractivity contribution < 1.29 is 25.9 Å². The molecule has 0 N–H and O–H groups in total. The van der Waals surface area contributed by atoms with Gasteiger partial charge in [-0.25, -0.2) is 16.8 Å². The van der Waals surface area contributed by atoms with Crippen molar-refractivity contribution in [3.8, 4) is 0 Å². The van der Waals surface area contributed by atoms with E-state index < -0.39 is 20.2 Å². The van der Waals surface area contributed by atoms with Crippen LogP contribution in [0.3, 0.4) is 0 Å². The fraction of sp³-hybridized carbons (Fsp3) is 0.783. The van der Waals surface area contributed by atoms with Gasteiger partial charge < -0.3 is 9.11 Å². The molecule has 0 aliphatic heterocycles. The predicted octanol–water partition coefficient (Wildman–Crippen LogP) is 30.3. The summed E-state index contributed by atoms with van der Waals surface area (Å²) in [6.07, 6.45) is 89.8. The van der Waals surface area contributed by atoms with Gasteiger partial charge in [0.05, 0.1) is 9.79 Å². The summed E-state index contributed by atoms with van der Waals surface area (Å²) in [6.45, 7) is 9.14. The molecule has 9 heteroatoms. The Morgan fingerprint density at radius 3 is 0.564 bits per heavy atom. The van der Waals surface area contributed by atoms with E-state index in [1.807, 2.05) is 24.3 Å². The largest absolute Gasteiger partial charge is 2.00 e. The molecule has 0 saturated carbocycles. The molecule has 4 aromatic carbocycles. The van der Waals surface area contributed by atoms with Gasteiger partial charge in [-0.3, -0.25) is 0 Å². The van der Waals surface area contributed by atoms with Crippen molar-refractivity contribution in [3.63, 3.8) is 0 Å². The van der Waals surface area contributed by atoms with Crippen molar-refractivity contribution in [2.45, 2.75) is 474 Å². The van der Waals surface area contributed by atoms with Gasteiger partial charge in [0.25, 0.3) is 0 Å². The maximum atomic E-state index is 12.3. The van der Waals surface area contributed by atoms with Gasteiger partial charge in [-0.05, 0) is 107 Å². The van der Waals surface area contributed by atoms with E-state index in [0.29, 0.717) is 10.8 Å². The Labute approximate surface area is 667 Å². The van der Waals surface area contributed by atoms with Crippen LogP contribution in [0.4, 0.5) is 0 Å². The quantitative estimate of drug-likeness (QED) is 0.0247. The Morgan fingerprint density at radius 2 is 0.386 bits per heavy atom. The third kappa shape index (κ3) is 50.9. The Kier molecular flexibility index (Phi) is 63.5. The fourth-order valence-corrected chi connectivity index (χ4v) is 17.0. The second-order valence-corrected chi connectivity index (χ2v) is 34.0. The van der Waals surface area contributed by atoms with Gasteiger partial charge in [0.1, 0.15) is 20.2 Å². The van der Waals surface area contributed by atoms with Gasteiger partial charge in [0.2, 0.25) is 0 Å². The summed E-state index contributed by atoms with van der Waals surface area (Å²) in [5, 5.41) is 3.14. The number of hydrogen-bond acceptors (Lipinski definition) is 6. The van der Waals surface area contributed by atoms with Crippen molar-refractivity contribution in [2.75, 3.05) is 0 Å². The van der Waals surface area contributed by atoms with E-state index >= 15 is 0 Å². The zero-order valence-corrected chi connectivity index (χ0v) is 72.9. The van der Waals surface area contributed by atoms with Crippen LogP contribution in [-0.2, 0) is 45.9 Å². The van der Waals surface area contributed by atoms with Gasteiger partial charge in [-0.15, -0.1) is 0 Å². The summed E-state index contributed by atoms with van der Waals surface area (Å²) in [6, 6.07) is 19.4. The maximum absolute atomic E-state index is 12.3.